The molecular weight excluding hydrogens is 324 g/mol. The first kappa shape index (κ1) is 17.2. The van der Waals surface area contributed by atoms with Gasteiger partial charge in [0, 0.05) is 6.04 Å². The fourth-order valence-electron chi connectivity index (χ4n) is 3.46. The summed E-state index contributed by atoms with van der Waals surface area (Å²) in [5, 5.41) is 3.75. The van der Waals surface area contributed by atoms with Crippen molar-refractivity contribution in [2.24, 2.45) is 0 Å². The maximum atomic E-state index is 12.8. The van der Waals surface area contributed by atoms with Crippen LogP contribution in [0, 0.1) is 13.8 Å². The van der Waals surface area contributed by atoms with Gasteiger partial charge in [-0.1, -0.05) is 30.3 Å². The summed E-state index contributed by atoms with van der Waals surface area (Å²) >= 11 is 0. The van der Waals surface area contributed by atoms with E-state index in [9.17, 15) is 8.42 Å². The molecule has 0 bridgehead atoms. The van der Waals surface area contributed by atoms with Crippen molar-refractivity contribution in [3.8, 4) is 0 Å². The zero-order valence-corrected chi connectivity index (χ0v) is 15.2. The van der Waals surface area contributed by atoms with Crippen molar-refractivity contribution in [1.82, 2.24) is 9.88 Å². The molecule has 24 heavy (non-hydrogen) atoms. The zero-order chi connectivity index (χ0) is 17.3. The Hall–Kier alpha value is -1.66. The van der Waals surface area contributed by atoms with Crippen LogP contribution in [0.1, 0.15) is 60.4 Å². The second-order valence-electron chi connectivity index (χ2n) is 6.47. The lowest BCUT2D eigenvalue weighted by atomic mass is 9.89. The first-order valence-corrected chi connectivity index (χ1v) is 9.97. The molecule has 1 aliphatic rings. The van der Waals surface area contributed by atoms with Gasteiger partial charge in [0.1, 0.15) is 10.6 Å². The fourth-order valence-corrected chi connectivity index (χ4v) is 5.10. The molecule has 2 aromatic rings. The number of aromatic nitrogens is 1. The van der Waals surface area contributed by atoms with E-state index >= 15 is 0 Å². The Morgan fingerprint density at radius 3 is 2.54 bits per heavy atom. The minimum absolute atomic E-state index is 0.152. The standard InChI is InChI=1S/C18H24N2O3S/c1-4-17(16-10-9-14-7-5-6-8-15(14)11-16)20-24(21,22)18-12(2)19-23-13(18)3/h9-11,17,20H,4-8H2,1-3H3/t17-/m0/s1. The molecule has 0 fully saturated rings. The topological polar surface area (TPSA) is 72.2 Å². The van der Waals surface area contributed by atoms with Gasteiger partial charge in [-0.25, -0.2) is 13.1 Å². The van der Waals surface area contributed by atoms with Gasteiger partial charge in [-0.15, -0.1) is 0 Å². The van der Waals surface area contributed by atoms with Crippen LogP contribution < -0.4 is 4.72 Å². The van der Waals surface area contributed by atoms with Crippen LogP contribution in [0.25, 0.3) is 0 Å². The zero-order valence-electron chi connectivity index (χ0n) is 14.4. The number of hydrogen-bond acceptors (Lipinski definition) is 4. The predicted molar refractivity (Wildman–Crippen MR) is 92.4 cm³/mol. The summed E-state index contributed by atoms with van der Waals surface area (Å²) in [5.41, 5.74) is 4.16. The number of benzene rings is 1. The molecule has 6 heteroatoms. The van der Waals surface area contributed by atoms with E-state index in [2.05, 4.69) is 22.0 Å². The molecule has 1 heterocycles. The van der Waals surface area contributed by atoms with Gasteiger partial charge >= 0.3 is 0 Å². The van der Waals surface area contributed by atoms with Crippen molar-refractivity contribution in [2.75, 3.05) is 0 Å². The van der Waals surface area contributed by atoms with Crippen LogP contribution in [0.5, 0.6) is 0 Å². The maximum absolute atomic E-state index is 12.8. The van der Waals surface area contributed by atoms with Gasteiger partial charge in [0.15, 0.2) is 5.76 Å². The summed E-state index contributed by atoms with van der Waals surface area (Å²) in [6.45, 7) is 5.25. The maximum Gasteiger partial charge on any atom is 0.246 e. The Balaban J connectivity index is 1.90. The molecule has 3 rings (SSSR count). The molecule has 0 saturated carbocycles. The molecule has 0 radical (unpaired) electrons. The molecule has 0 unspecified atom stereocenters. The molecule has 130 valence electrons. The summed E-state index contributed by atoms with van der Waals surface area (Å²) < 4.78 is 33.3. The SMILES string of the molecule is CC[C@H](NS(=O)(=O)c1c(C)noc1C)c1ccc2c(c1)CCCC2. The fraction of sp³-hybridized carbons (Fsp3) is 0.500. The molecule has 0 saturated heterocycles. The lowest BCUT2D eigenvalue weighted by Gasteiger charge is -2.21. The first-order valence-electron chi connectivity index (χ1n) is 8.49. The summed E-state index contributed by atoms with van der Waals surface area (Å²) in [6.07, 6.45) is 5.33. The van der Waals surface area contributed by atoms with Gasteiger partial charge in [-0.05, 0) is 62.6 Å². The molecule has 1 aromatic heterocycles. The third-order valence-corrected chi connectivity index (χ3v) is 6.43. The Morgan fingerprint density at radius 1 is 1.21 bits per heavy atom. The normalized spacial score (nSPS) is 16.0. The third-order valence-electron chi connectivity index (χ3n) is 4.72. The van der Waals surface area contributed by atoms with E-state index in [0.717, 1.165) is 18.4 Å². The van der Waals surface area contributed by atoms with Crippen molar-refractivity contribution in [2.45, 2.75) is 63.8 Å². The van der Waals surface area contributed by atoms with Crippen molar-refractivity contribution in [1.29, 1.82) is 0 Å². The number of nitrogens with one attached hydrogen (secondary N) is 1. The average Bonchev–Trinajstić information content (AvgIpc) is 2.91. The molecule has 5 nitrogen and oxygen atoms in total. The highest BCUT2D eigenvalue weighted by atomic mass is 32.2. The highest BCUT2D eigenvalue weighted by Crippen LogP contribution is 2.28. The van der Waals surface area contributed by atoms with E-state index in [4.69, 9.17) is 4.52 Å². The summed E-state index contributed by atoms with van der Waals surface area (Å²) in [6, 6.07) is 6.11. The second kappa shape index (κ2) is 6.69. The number of aryl methyl sites for hydroxylation is 4. The highest BCUT2D eigenvalue weighted by molar-refractivity contribution is 7.89. The van der Waals surface area contributed by atoms with Gasteiger partial charge in [-0.2, -0.15) is 0 Å². The van der Waals surface area contributed by atoms with E-state index < -0.39 is 10.0 Å². The lowest BCUT2D eigenvalue weighted by molar-refractivity contribution is 0.390. The van der Waals surface area contributed by atoms with E-state index in [-0.39, 0.29) is 10.9 Å². The van der Waals surface area contributed by atoms with Gasteiger partial charge < -0.3 is 4.52 Å². The number of sulfonamides is 1. The summed E-state index contributed by atoms with van der Waals surface area (Å²) in [5.74, 6) is 0.320. The van der Waals surface area contributed by atoms with Crippen LogP contribution in [0.4, 0.5) is 0 Å². The van der Waals surface area contributed by atoms with Crippen LogP contribution in [0.2, 0.25) is 0 Å². The summed E-state index contributed by atoms with van der Waals surface area (Å²) in [7, 11) is -3.67. The minimum Gasteiger partial charge on any atom is -0.360 e. The molecule has 0 aliphatic heterocycles. The van der Waals surface area contributed by atoms with Crippen molar-refractivity contribution >= 4 is 10.0 Å². The number of fused-ring (bicyclic) bond motifs is 1. The monoisotopic (exact) mass is 348 g/mol. The molecule has 1 aromatic carbocycles. The van der Waals surface area contributed by atoms with Gasteiger partial charge in [0.05, 0.1) is 0 Å². The first-order chi connectivity index (χ1) is 11.4. The van der Waals surface area contributed by atoms with Gasteiger partial charge in [0.2, 0.25) is 10.0 Å². The Bertz CT molecular complexity index is 820. The Morgan fingerprint density at radius 2 is 1.92 bits per heavy atom. The Labute approximate surface area is 143 Å². The molecular formula is C18H24N2O3S. The number of rotatable bonds is 5. The lowest BCUT2D eigenvalue weighted by Crippen LogP contribution is -2.29. The Kier molecular flexibility index (Phi) is 4.78. The van der Waals surface area contributed by atoms with E-state index in [1.54, 1.807) is 13.8 Å². The van der Waals surface area contributed by atoms with E-state index in [1.807, 2.05) is 13.0 Å². The van der Waals surface area contributed by atoms with Gasteiger partial charge in [0.25, 0.3) is 0 Å². The largest absolute Gasteiger partial charge is 0.360 e. The molecule has 0 amide bonds. The van der Waals surface area contributed by atoms with Crippen LogP contribution in [-0.2, 0) is 22.9 Å². The van der Waals surface area contributed by atoms with Crippen LogP contribution in [0.15, 0.2) is 27.6 Å². The number of hydrogen-bond donors (Lipinski definition) is 1. The van der Waals surface area contributed by atoms with Crippen LogP contribution in [-0.4, -0.2) is 13.6 Å². The smallest absolute Gasteiger partial charge is 0.246 e. The third kappa shape index (κ3) is 3.26. The van der Waals surface area contributed by atoms with Crippen LogP contribution >= 0.6 is 0 Å². The van der Waals surface area contributed by atoms with E-state index in [0.29, 0.717) is 17.9 Å². The minimum atomic E-state index is -3.67. The molecule has 1 N–H and O–H groups in total. The van der Waals surface area contributed by atoms with E-state index in [1.165, 1.54) is 24.0 Å². The number of nitrogens with zero attached hydrogens (tertiary/aromatic N) is 1. The van der Waals surface area contributed by atoms with Crippen molar-refractivity contribution in [3.05, 3.63) is 46.3 Å². The second-order valence-corrected chi connectivity index (χ2v) is 8.12. The highest BCUT2D eigenvalue weighted by Gasteiger charge is 2.27. The summed E-state index contributed by atoms with van der Waals surface area (Å²) in [4.78, 5) is 0.152. The van der Waals surface area contributed by atoms with Crippen molar-refractivity contribution < 1.29 is 12.9 Å². The average molecular weight is 348 g/mol. The van der Waals surface area contributed by atoms with Crippen molar-refractivity contribution in [3.63, 3.8) is 0 Å². The molecule has 1 aliphatic carbocycles. The quantitative estimate of drug-likeness (QED) is 0.896. The predicted octanol–water partition coefficient (Wildman–Crippen LogP) is 3.60. The molecule has 0 spiro atoms. The molecule has 1 atom stereocenters. The van der Waals surface area contributed by atoms with Gasteiger partial charge in [-0.3, -0.25) is 0 Å². The van der Waals surface area contributed by atoms with Crippen LogP contribution in [0.3, 0.4) is 0 Å².